The highest BCUT2D eigenvalue weighted by atomic mass is 16.5. The van der Waals surface area contributed by atoms with Crippen LogP contribution in [0.4, 0.5) is 0 Å². The first-order valence-electron chi connectivity index (χ1n) is 7.57. The molecule has 3 rings (SSSR count). The van der Waals surface area contributed by atoms with Crippen molar-refractivity contribution >= 4 is 10.9 Å². The lowest BCUT2D eigenvalue weighted by molar-refractivity contribution is 0.215. The maximum atomic E-state index is 6.30. The average Bonchev–Trinajstić information content (AvgIpc) is 2.53. The van der Waals surface area contributed by atoms with Gasteiger partial charge in [0.15, 0.2) is 0 Å². The smallest absolute Gasteiger partial charge is 0.128 e. The number of fused-ring (bicyclic) bond motifs is 1. The molecule has 1 aromatic heterocycles. The second-order valence-corrected chi connectivity index (χ2v) is 5.70. The van der Waals surface area contributed by atoms with Crippen LogP contribution in [0.1, 0.15) is 32.1 Å². The highest BCUT2D eigenvalue weighted by Crippen LogP contribution is 2.27. The maximum Gasteiger partial charge on any atom is 0.128 e. The van der Waals surface area contributed by atoms with Crippen LogP contribution in [0.5, 0.6) is 5.75 Å². The van der Waals surface area contributed by atoms with E-state index in [1.807, 2.05) is 30.3 Å². The number of ether oxygens (including phenoxy) is 1. The van der Waals surface area contributed by atoms with Gasteiger partial charge in [-0.3, -0.25) is 4.98 Å². The van der Waals surface area contributed by atoms with Crippen LogP contribution >= 0.6 is 0 Å². The van der Waals surface area contributed by atoms with Crippen LogP contribution in [0.15, 0.2) is 36.5 Å². The van der Waals surface area contributed by atoms with Crippen molar-refractivity contribution in [2.45, 2.75) is 38.1 Å². The van der Waals surface area contributed by atoms with Gasteiger partial charge in [0.25, 0.3) is 0 Å². The summed E-state index contributed by atoms with van der Waals surface area (Å²) in [5.74, 6) is 1.51. The minimum absolute atomic E-state index is 0.141. The second kappa shape index (κ2) is 6.23. The zero-order valence-electron chi connectivity index (χ0n) is 11.8. The molecule has 1 fully saturated rings. The normalized spacial score (nSPS) is 18.1. The number of hydrogen-bond acceptors (Lipinski definition) is 3. The van der Waals surface area contributed by atoms with E-state index < -0.39 is 0 Å². The zero-order chi connectivity index (χ0) is 13.8. The van der Waals surface area contributed by atoms with Crippen molar-refractivity contribution in [2.24, 2.45) is 11.7 Å². The van der Waals surface area contributed by atoms with E-state index in [-0.39, 0.29) is 6.04 Å². The van der Waals surface area contributed by atoms with Crippen molar-refractivity contribution in [3.05, 3.63) is 36.5 Å². The molecule has 20 heavy (non-hydrogen) atoms. The van der Waals surface area contributed by atoms with E-state index >= 15 is 0 Å². The van der Waals surface area contributed by atoms with Gasteiger partial charge in [-0.25, -0.2) is 0 Å². The summed E-state index contributed by atoms with van der Waals surface area (Å²) in [5, 5.41) is 1.06. The molecule has 1 aliphatic rings. The van der Waals surface area contributed by atoms with Crippen LogP contribution in [0, 0.1) is 5.92 Å². The van der Waals surface area contributed by atoms with Crippen LogP contribution < -0.4 is 10.5 Å². The van der Waals surface area contributed by atoms with Gasteiger partial charge >= 0.3 is 0 Å². The molecule has 0 aliphatic heterocycles. The van der Waals surface area contributed by atoms with Gasteiger partial charge in [-0.2, -0.15) is 0 Å². The molecule has 1 saturated carbocycles. The van der Waals surface area contributed by atoms with Crippen molar-refractivity contribution < 1.29 is 4.74 Å². The summed E-state index contributed by atoms with van der Waals surface area (Å²) in [6.07, 6.45) is 8.30. The molecule has 1 aromatic carbocycles. The highest BCUT2D eigenvalue weighted by molar-refractivity contribution is 5.84. The van der Waals surface area contributed by atoms with Crippen LogP contribution in [-0.4, -0.2) is 17.6 Å². The predicted molar refractivity (Wildman–Crippen MR) is 81.8 cm³/mol. The second-order valence-electron chi connectivity index (χ2n) is 5.70. The monoisotopic (exact) mass is 270 g/mol. The van der Waals surface area contributed by atoms with Crippen LogP contribution in [-0.2, 0) is 0 Å². The molecule has 0 spiro atoms. The Morgan fingerprint density at radius 1 is 1.15 bits per heavy atom. The molecule has 1 atom stereocenters. The van der Waals surface area contributed by atoms with Gasteiger partial charge in [0.2, 0.25) is 0 Å². The SMILES string of the molecule is NC(COc1cccc2ncccc12)C1CCCCC1. The van der Waals surface area contributed by atoms with Gasteiger partial charge in [-0.1, -0.05) is 25.3 Å². The van der Waals surface area contributed by atoms with E-state index in [0.717, 1.165) is 16.7 Å². The van der Waals surface area contributed by atoms with Crippen molar-refractivity contribution in [3.63, 3.8) is 0 Å². The fourth-order valence-corrected chi connectivity index (χ4v) is 3.09. The number of aromatic nitrogens is 1. The third-order valence-electron chi connectivity index (χ3n) is 4.29. The zero-order valence-corrected chi connectivity index (χ0v) is 11.8. The summed E-state index contributed by atoms with van der Waals surface area (Å²) in [6.45, 7) is 0.596. The third-order valence-corrected chi connectivity index (χ3v) is 4.29. The summed E-state index contributed by atoms with van der Waals surface area (Å²) in [4.78, 5) is 4.35. The lowest BCUT2D eigenvalue weighted by atomic mass is 9.84. The Bertz CT molecular complexity index is 558. The molecular formula is C17H22N2O. The van der Waals surface area contributed by atoms with Crippen molar-refractivity contribution in [1.29, 1.82) is 0 Å². The van der Waals surface area contributed by atoms with Crippen molar-refractivity contribution in [3.8, 4) is 5.75 Å². The molecule has 2 aromatic rings. The van der Waals surface area contributed by atoms with Gasteiger partial charge in [-0.05, 0) is 43.0 Å². The summed E-state index contributed by atoms with van der Waals surface area (Å²) in [6, 6.07) is 10.1. The maximum absolute atomic E-state index is 6.30. The Morgan fingerprint density at radius 3 is 2.85 bits per heavy atom. The summed E-state index contributed by atoms with van der Waals surface area (Å²) in [7, 11) is 0. The molecule has 1 heterocycles. The van der Waals surface area contributed by atoms with E-state index in [1.54, 1.807) is 6.20 Å². The van der Waals surface area contributed by atoms with E-state index in [9.17, 15) is 0 Å². The molecule has 3 heteroatoms. The summed E-state index contributed by atoms with van der Waals surface area (Å²) < 4.78 is 5.97. The van der Waals surface area contributed by atoms with Crippen LogP contribution in [0.3, 0.4) is 0 Å². The fourth-order valence-electron chi connectivity index (χ4n) is 3.09. The lowest BCUT2D eigenvalue weighted by Crippen LogP contribution is -2.37. The van der Waals surface area contributed by atoms with Crippen molar-refractivity contribution in [1.82, 2.24) is 4.98 Å². The number of rotatable bonds is 4. The van der Waals surface area contributed by atoms with E-state index in [1.165, 1.54) is 32.1 Å². The Kier molecular flexibility index (Phi) is 4.16. The fraction of sp³-hybridized carbons (Fsp3) is 0.471. The first kappa shape index (κ1) is 13.4. The molecule has 106 valence electrons. The minimum Gasteiger partial charge on any atom is -0.491 e. The van der Waals surface area contributed by atoms with E-state index in [4.69, 9.17) is 10.5 Å². The van der Waals surface area contributed by atoms with Crippen LogP contribution in [0.25, 0.3) is 10.9 Å². The first-order valence-corrected chi connectivity index (χ1v) is 7.57. The minimum atomic E-state index is 0.141. The Labute approximate surface area is 120 Å². The molecular weight excluding hydrogens is 248 g/mol. The first-order chi connectivity index (χ1) is 9.84. The number of nitrogens with zero attached hydrogens (tertiary/aromatic N) is 1. The number of benzene rings is 1. The standard InChI is InChI=1S/C17H22N2O/c18-15(13-6-2-1-3-7-13)12-20-17-10-4-9-16-14(17)8-5-11-19-16/h4-5,8-11,13,15H,1-3,6-7,12,18H2. The third kappa shape index (κ3) is 2.93. The van der Waals surface area contributed by atoms with Gasteiger partial charge < -0.3 is 10.5 Å². The van der Waals surface area contributed by atoms with E-state index in [2.05, 4.69) is 4.98 Å². The molecule has 0 radical (unpaired) electrons. The Morgan fingerprint density at radius 2 is 2.00 bits per heavy atom. The Hall–Kier alpha value is -1.61. The molecule has 1 aliphatic carbocycles. The molecule has 2 N–H and O–H groups in total. The highest BCUT2D eigenvalue weighted by Gasteiger charge is 2.21. The molecule has 1 unspecified atom stereocenters. The van der Waals surface area contributed by atoms with Gasteiger partial charge in [0.05, 0.1) is 5.52 Å². The largest absolute Gasteiger partial charge is 0.491 e. The number of hydrogen-bond donors (Lipinski definition) is 1. The molecule has 0 saturated heterocycles. The summed E-state index contributed by atoms with van der Waals surface area (Å²) in [5.41, 5.74) is 7.27. The quantitative estimate of drug-likeness (QED) is 0.924. The van der Waals surface area contributed by atoms with Gasteiger partial charge in [0.1, 0.15) is 12.4 Å². The van der Waals surface area contributed by atoms with Crippen molar-refractivity contribution in [2.75, 3.05) is 6.61 Å². The molecule has 0 bridgehead atoms. The van der Waals surface area contributed by atoms with Gasteiger partial charge in [0, 0.05) is 17.6 Å². The van der Waals surface area contributed by atoms with E-state index in [0.29, 0.717) is 12.5 Å². The average molecular weight is 270 g/mol. The number of pyridine rings is 1. The number of nitrogens with two attached hydrogens (primary N) is 1. The molecule has 0 amide bonds. The predicted octanol–water partition coefficient (Wildman–Crippen LogP) is 3.52. The van der Waals surface area contributed by atoms with Gasteiger partial charge in [-0.15, -0.1) is 0 Å². The lowest BCUT2D eigenvalue weighted by Gasteiger charge is -2.27. The topological polar surface area (TPSA) is 48.1 Å². The summed E-state index contributed by atoms with van der Waals surface area (Å²) >= 11 is 0. The van der Waals surface area contributed by atoms with Crippen LogP contribution in [0.2, 0.25) is 0 Å². The Balaban J connectivity index is 1.67. The molecule has 3 nitrogen and oxygen atoms in total.